The number of aryl methyl sites for hydroxylation is 1. The first-order chi connectivity index (χ1) is 10.0. The van der Waals surface area contributed by atoms with Gasteiger partial charge in [-0.3, -0.25) is 0 Å². The molecule has 0 aliphatic rings. The fourth-order valence-electron chi connectivity index (χ4n) is 2.13. The van der Waals surface area contributed by atoms with Crippen LogP contribution in [0.15, 0.2) is 34.7 Å². The van der Waals surface area contributed by atoms with E-state index < -0.39 is 5.97 Å². The third kappa shape index (κ3) is 3.64. The van der Waals surface area contributed by atoms with Crippen molar-refractivity contribution in [2.24, 2.45) is 0 Å². The van der Waals surface area contributed by atoms with Gasteiger partial charge in [-0.25, -0.2) is 4.79 Å². The minimum absolute atomic E-state index is 0.0961. The molecule has 0 fully saturated rings. The lowest BCUT2D eigenvalue weighted by atomic mass is 10.1. The topological polar surface area (TPSA) is 71.7 Å². The minimum Gasteiger partial charge on any atom is -0.497 e. The van der Waals surface area contributed by atoms with Gasteiger partial charge in [-0.15, -0.1) is 0 Å². The van der Waals surface area contributed by atoms with E-state index in [4.69, 9.17) is 14.3 Å². The zero-order valence-electron chi connectivity index (χ0n) is 12.3. The largest absolute Gasteiger partial charge is 0.497 e. The molecule has 2 aromatic rings. The smallest absolute Gasteiger partial charge is 0.339 e. The molecule has 0 radical (unpaired) electrons. The second-order valence-corrected chi connectivity index (χ2v) is 4.87. The molecular weight excluding hydrogens is 270 g/mol. The van der Waals surface area contributed by atoms with E-state index in [1.165, 1.54) is 0 Å². The van der Waals surface area contributed by atoms with Crippen molar-refractivity contribution in [2.45, 2.75) is 26.4 Å². The summed E-state index contributed by atoms with van der Waals surface area (Å²) in [6, 6.07) is 9.46. The van der Waals surface area contributed by atoms with Gasteiger partial charge in [0.1, 0.15) is 22.8 Å². The molecule has 1 aromatic heterocycles. The van der Waals surface area contributed by atoms with Crippen molar-refractivity contribution in [1.29, 1.82) is 0 Å². The number of hydrogen-bond donors (Lipinski definition) is 2. The molecule has 0 aliphatic carbocycles. The molecule has 5 heteroatoms. The van der Waals surface area contributed by atoms with Gasteiger partial charge < -0.3 is 19.6 Å². The Kier molecular flexibility index (Phi) is 4.65. The summed E-state index contributed by atoms with van der Waals surface area (Å²) in [7, 11) is 1.64. The van der Waals surface area contributed by atoms with Gasteiger partial charge in [-0.2, -0.15) is 0 Å². The van der Waals surface area contributed by atoms with E-state index in [1.54, 1.807) is 20.1 Å². The molecule has 0 aliphatic heterocycles. The van der Waals surface area contributed by atoms with Crippen molar-refractivity contribution in [1.82, 2.24) is 5.32 Å². The molecule has 0 saturated carbocycles. The number of benzene rings is 1. The molecule has 112 valence electrons. The predicted molar refractivity (Wildman–Crippen MR) is 78.7 cm³/mol. The fraction of sp³-hybridized carbons (Fsp3) is 0.312. The number of ether oxygens (including phenoxy) is 1. The molecule has 0 unspecified atom stereocenters. The molecule has 1 atom stereocenters. The first kappa shape index (κ1) is 15.1. The zero-order chi connectivity index (χ0) is 15.4. The molecule has 0 bridgehead atoms. The summed E-state index contributed by atoms with van der Waals surface area (Å²) in [4.78, 5) is 11.0. The Balaban J connectivity index is 2.02. The maximum Gasteiger partial charge on any atom is 0.339 e. The standard InChI is InChI=1S/C16H19NO4/c1-10(12-5-4-6-13(7-12)20-3)17-9-14-8-15(16(18)19)11(2)21-14/h4-8,10,17H,9H2,1-3H3,(H,18,19)/t10-/m1/s1. The number of hydrogen-bond acceptors (Lipinski definition) is 4. The summed E-state index contributed by atoms with van der Waals surface area (Å²) in [6.07, 6.45) is 0. The van der Waals surface area contributed by atoms with Gasteiger partial charge in [-0.05, 0) is 37.6 Å². The van der Waals surface area contributed by atoms with Crippen molar-refractivity contribution in [2.75, 3.05) is 7.11 Å². The number of aromatic carboxylic acids is 1. The summed E-state index contributed by atoms with van der Waals surface area (Å²) in [5, 5.41) is 12.3. The number of carboxylic acids is 1. The van der Waals surface area contributed by atoms with Crippen LogP contribution in [0.25, 0.3) is 0 Å². The second-order valence-electron chi connectivity index (χ2n) is 4.87. The van der Waals surface area contributed by atoms with Gasteiger partial charge in [0.15, 0.2) is 0 Å². The monoisotopic (exact) mass is 289 g/mol. The number of carboxylic acid groups (broad SMARTS) is 1. The number of furan rings is 1. The molecule has 0 amide bonds. The van der Waals surface area contributed by atoms with E-state index >= 15 is 0 Å². The Morgan fingerprint density at radius 3 is 2.81 bits per heavy atom. The summed E-state index contributed by atoms with van der Waals surface area (Å²) < 4.78 is 10.6. The van der Waals surface area contributed by atoms with Gasteiger partial charge in [0, 0.05) is 6.04 Å². The lowest BCUT2D eigenvalue weighted by Gasteiger charge is -2.14. The molecule has 2 rings (SSSR count). The average Bonchev–Trinajstić information content (AvgIpc) is 2.86. The van der Waals surface area contributed by atoms with Crippen LogP contribution in [0, 0.1) is 6.92 Å². The lowest BCUT2D eigenvalue weighted by molar-refractivity contribution is 0.0695. The highest BCUT2D eigenvalue weighted by atomic mass is 16.5. The third-order valence-electron chi connectivity index (χ3n) is 3.38. The summed E-state index contributed by atoms with van der Waals surface area (Å²) >= 11 is 0. The van der Waals surface area contributed by atoms with Crippen LogP contribution in [0.2, 0.25) is 0 Å². The van der Waals surface area contributed by atoms with Crippen molar-refractivity contribution in [3.63, 3.8) is 0 Å². The quantitative estimate of drug-likeness (QED) is 0.854. The Morgan fingerprint density at radius 1 is 1.43 bits per heavy atom. The van der Waals surface area contributed by atoms with E-state index in [9.17, 15) is 4.79 Å². The van der Waals surface area contributed by atoms with E-state index in [-0.39, 0.29) is 11.6 Å². The molecule has 2 N–H and O–H groups in total. The van der Waals surface area contributed by atoms with Crippen LogP contribution in [0.1, 0.15) is 40.4 Å². The fourth-order valence-corrected chi connectivity index (χ4v) is 2.13. The van der Waals surface area contributed by atoms with Crippen molar-refractivity contribution < 1.29 is 19.1 Å². The van der Waals surface area contributed by atoms with Crippen LogP contribution < -0.4 is 10.1 Å². The number of methoxy groups -OCH3 is 1. The number of carbonyl (C=O) groups is 1. The molecule has 0 spiro atoms. The Bertz CT molecular complexity index is 633. The Labute approximate surface area is 123 Å². The van der Waals surface area contributed by atoms with Gasteiger partial charge in [0.05, 0.1) is 13.7 Å². The van der Waals surface area contributed by atoms with Crippen molar-refractivity contribution in [3.8, 4) is 5.75 Å². The molecule has 1 aromatic carbocycles. The Hall–Kier alpha value is -2.27. The molecule has 1 heterocycles. The van der Waals surface area contributed by atoms with E-state index in [1.807, 2.05) is 31.2 Å². The van der Waals surface area contributed by atoms with Crippen LogP contribution >= 0.6 is 0 Å². The van der Waals surface area contributed by atoms with Crippen LogP contribution in [-0.4, -0.2) is 18.2 Å². The highest BCUT2D eigenvalue weighted by molar-refractivity contribution is 5.88. The summed E-state index contributed by atoms with van der Waals surface area (Å²) in [6.45, 7) is 4.15. The maximum atomic E-state index is 11.0. The average molecular weight is 289 g/mol. The number of nitrogens with one attached hydrogen (secondary N) is 1. The van der Waals surface area contributed by atoms with E-state index in [0.717, 1.165) is 11.3 Å². The van der Waals surface area contributed by atoms with E-state index in [2.05, 4.69) is 5.32 Å². The minimum atomic E-state index is -0.969. The third-order valence-corrected chi connectivity index (χ3v) is 3.38. The van der Waals surface area contributed by atoms with Gasteiger partial charge in [-0.1, -0.05) is 12.1 Å². The molecule has 21 heavy (non-hydrogen) atoms. The predicted octanol–water partition coefficient (Wildman–Crippen LogP) is 3.15. The number of rotatable bonds is 6. The van der Waals surface area contributed by atoms with Crippen LogP contribution in [0.3, 0.4) is 0 Å². The first-order valence-electron chi connectivity index (χ1n) is 6.71. The molecule has 5 nitrogen and oxygen atoms in total. The van der Waals surface area contributed by atoms with Crippen LogP contribution in [0.4, 0.5) is 0 Å². The SMILES string of the molecule is COc1cccc([C@@H](C)NCc2cc(C(=O)O)c(C)o2)c1. The van der Waals surface area contributed by atoms with Gasteiger partial charge in [0.2, 0.25) is 0 Å². The summed E-state index contributed by atoms with van der Waals surface area (Å²) in [5.74, 6) is 0.875. The second kappa shape index (κ2) is 6.45. The van der Waals surface area contributed by atoms with Crippen molar-refractivity contribution in [3.05, 3.63) is 53.0 Å². The molecule has 0 saturated heterocycles. The van der Waals surface area contributed by atoms with Crippen LogP contribution in [-0.2, 0) is 6.54 Å². The van der Waals surface area contributed by atoms with Gasteiger partial charge in [0.25, 0.3) is 0 Å². The van der Waals surface area contributed by atoms with Crippen molar-refractivity contribution >= 4 is 5.97 Å². The van der Waals surface area contributed by atoms with Gasteiger partial charge >= 0.3 is 5.97 Å². The zero-order valence-corrected chi connectivity index (χ0v) is 12.3. The van der Waals surface area contributed by atoms with E-state index in [0.29, 0.717) is 18.1 Å². The normalized spacial score (nSPS) is 12.1. The maximum absolute atomic E-state index is 11.0. The highest BCUT2D eigenvalue weighted by Gasteiger charge is 2.14. The summed E-state index contributed by atoms with van der Waals surface area (Å²) in [5.41, 5.74) is 1.30. The molecular formula is C16H19NO4. The lowest BCUT2D eigenvalue weighted by Crippen LogP contribution is -2.17. The first-order valence-corrected chi connectivity index (χ1v) is 6.71. The highest BCUT2D eigenvalue weighted by Crippen LogP contribution is 2.20. The Morgan fingerprint density at radius 2 is 2.19 bits per heavy atom. The van der Waals surface area contributed by atoms with Crippen LogP contribution in [0.5, 0.6) is 5.75 Å².